The second-order valence-corrected chi connectivity index (χ2v) is 5.32. The first-order chi connectivity index (χ1) is 8.99. The standard InChI is InChI=1S/C15H26N2O2/c1-12(2)19-15-8-6-5-7-13(15)9-16-10-14(18)11-17(3)4/h5-8,12,14,16,18H,9-11H2,1-4H3. The Morgan fingerprint density at radius 2 is 1.95 bits per heavy atom. The van der Waals surface area contributed by atoms with Crippen LogP contribution in [0, 0.1) is 0 Å². The molecule has 2 N–H and O–H groups in total. The van der Waals surface area contributed by atoms with Crippen molar-refractivity contribution in [2.45, 2.75) is 32.6 Å². The summed E-state index contributed by atoms with van der Waals surface area (Å²) in [5.41, 5.74) is 1.12. The summed E-state index contributed by atoms with van der Waals surface area (Å²) in [6, 6.07) is 8.00. The molecule has 19 heavy (non-hydrogen) atoms. The molecule has 4 nitrogen and oxygen atoms in total. The van der Waals surface area contributed by atoms with Gasteiger partial charge in [0.25, 0.3) is 0 Å². The van der Waals surface area contributed by atoms with E-state index in [9.17, 15) is 5.11 Å². The van der Waals surface area contributed by atoms with E-state index in [0.717, 1.165) is 11.3 Å². The van der Waals surface area contributed by atoms with Gasteiger partial charge < -0.3 is 20.1 Å². The number of para-hydroxylation sites is 1. The maximum absolute atomic E-state index is 9.78. The van der Waals surface area contributed by atoms with Crippen LogP contribution in [-0.2, 0) is 6.54 Å². The van der Waals surface area contributed by atoms with Gasteiger partial charge in [-0.05, 0) is 34.0 Å². The fourth-order valence-electron chi connectivity index (χ4n) is 1.88. The van der Waals surface area contributed by atoms with Crippen molar-refractivity contribution >= 4 is 0 Å². The number of rotatable bonds is 8. The topological polar surface area (TPSA) is 44.7 Å². The summed E-state index contributed by atoms with van der Waals surface area (Å²) in [5, 5.41) is 13.0. The number of ether oxygens (including phenoxy) is 1. The highest BCUT2D eigenvalue weighted by Gasteiger charge is 2.07. The van der Waals surface area contributed by atoms with E-state index in [1.165, 1.54) is 0 Å². The number of aliphatic hydroxyl groups is 1. The van der Waals surface area contributed by atoms with E-state index in [4.69, 9.17) is 4.74 Å². The zero-order valence-corrected chi connectivity index (χ0v) is 12.4. The Balaban J connectivity index is 2.44. The average molecular weight is 266 g/mol. The van der Waals surface area contributed by atoms with Crippen molar-refractivity contribution in [3.05, 3.63) is 29.8 Å². The summed E-state index contributed by atoms with van der Waals surface area (Å²) in [4.78, 5) is 1.97. The van der Waals surface area contributed by atoms with Gasteiger partial charge in [-0.3, -0.25) is 0 Å². The van der Waals surface area contributed by atoms with Gasteiger partial charge in [0.1, 0.15) is 5.75 Å². The van der Waals surface area contributed by atoms with Crippen LogP contribution in [0.5, 0.6) is 5.75 Å². The highest BCUT2D eigenvalue weighted by atomic mass is 16.5. The van der Waals surface area contributed by atoms with Gasteiger partial charge in [-0.1, -0.05) is 18.2 Å². The molecule has 0 fully saturated rings. The van der Waals surface area contributed by atoms with Crippen LogP contribution in [0.25, 0.3) is 0 Å². The van der Waals surface area contributed by atoms with Crippen LogP contribution in [0.15, 0.2) is 24.3 Å². The Labute approximate surface area is 116 Å². The molecule has 0 aliphatic carbocycles. The van der Waals surface area contributed by atoms with E-state index in [1.807, 2.05) is 57.1 Å². The summed E-state index contributed by atoms with van der Waals surface area (Å²) >= 11 is 0. The lowest BCUT2D eigenvalue weighted by Crippen LogP contribution is -2.34. The van der Waals surface area contributed by atoms with Crippen LogP contribution in [0.2, 0.25) is 0 Å². The maximum atomic E-state index is 9.78. The van der Waals surface area contributed by atoms with Crippen LogP contribution >= 0.6 is 0 Å². The molecule has 0 aliphatic heterocycles. The van der Waals surface area contributed by atoms with Crippen molar-refractivity contribution in [3.8, 4) is 5.75 Å². The van der Waals surface area contributed by atoms with Gasteiger partial charge in [-0.2, -0.15) is 0 Å². The monoisotopic (exact) mass is 266 g/mol. The molecule has 1 unspecified atom stereocenters. The SMILES string of the molecule is CC(C)Oc1ccccc1CNCC(O)CN(C)C. The lowest BCUT2D eigenvalue weighted by atomic mass is 10.2. The number of aliphatic hydroxyl groups excluding tert-OH is 1. The molecular formula is C15H26N2O2. The van der Waals surface area contributed by atoms with Gasteiger partial charge in [0, 0.05) is 25.2 Å². The molecule has 0 saturated carbocycles. The lowest BCUT2D eigenvalue weighted by molar-refractivity contribution is 0.134. The molecule has 1 rings (SSSR count). The molecule has 0 amide bonds. The van der Waals surface area contributed by atoms with Crippen molar-refractivity contribution < 1.29 is 9.84 Å². The molecule has 0 aromatic heterocycles. The summed E-state index contributed by atoms with van der Waals surface area (Å²) < 4.78 is 5.76. The van der Waals surface area contributed by atoms with E-state index in [2.05, 4.69) is 5.32 Å². The fraction of sp³-hybridized carbons (Fsp3) is 0.600. The highest BCUT2D eigenvalue weighted by molar-refractivity contribution is 5.33. The molecule has 1 atom stereocenters. The molecule has 108 valence electrons. The zero-order valence-electron chi connectivity index (χ0n) is 12.4. The van der Waals surface area contributed by atoms with E-state index in [0.29, 0.717) is 19.6 Å². The highest BCUT2D eigenvalue weighted by Crippen LogP contribution is 2.18. The van der Waals surface area contributed by atoms with Gasteiger partial charge in [0.15, 0.2) is 0 Å². The van der Waals surface area contributed by atoms with E-state index < -0.39 is 0 Å². The first-order valence-electron chi connectivity index (χ1n) is 6.77. The molecular weight excluding hydrogens is 240 g/mol. The Morgan fingerprint density at radius 1 is 1.26 bits per heavy atom. The largest absolute Gasteiger partial charge is 0.491 e. The summed E-state index contributed by atoms with van der Waals surface area (Å²) in [7, 11) is 3.91. The van der Waals surface area contributed by atoms with Crippen molar-refractivity contribution in [1.29, 1.82) is 0 Å². The Bertz CT molecular complexity index is 367. The molecule has 0 saturated heterocycles. The predicted molar refractivity (Wildman–Crippen MR) is 78.5 cm³/mol. The first kappa shape index (κ1) is 16.0. The van der Waals surface area contributed by atoms with Gasteiger partial charge in [0.2, 0.25) is 0 Å². The first-order valence-corrected chi connectivity index (χ1v) is 6.77. The van der Waals surface area contributed by atoms with E-state index >= 15 is 0 Å². The Hall–Kier alpha value is -1.10. The summed E-state index contributed by atoms with van der Waals surface area (Å²) in [5.74, 6) is 0.909. The van der Waals surface area contributed by atoms with E-state index in [-0.39, 0.29) is 12.2 Å². The van der Waals surface area contributed by atoms with Gasteiger partial charge in [-0.15, -0.1) is 0 Å². The number of likely N-dealkylation sites (N-methyl/N-ethyl adjacent to an activating group) is 1. The summed E-state index contributed by atoms with van der Waals surface area (Å²) in [6.45, 7) is 5.98. The molecule has 0 radical (unpaired) electrons. The molecule has 0 aliphatic rings. The van der Waals surface area contributed by atoms with Crippen molar-refractivity contribution in [2.75, 3.05) is 27.2 Å². The Morgan fingerprint density at radius 3 is 2.58 bits per heavy atom. The number of hydrogen-bond donors (Lipinski definition) is 2. The Kier molecular flexibility index (Phi) is 6.84. The van der Waals surface area contributed by atoms with Crippen LogP contribution in [-0.4, -0.2) is 49.4 Å². The van der Waals surface area contributed by atoms with Crippen LogP contribution in [0.3, 0.4) is 0 Å². The third-order valence-electron chi connectivity index (χ3n) is 2.61. The minimum absolute atomic E-state index is 0.167. The molecule has 0 spiro atoms. The lowest BCUT2D eigenvalue weighted by Gasteiger charge is -2.18. The smallest absolute Gasteiger partial charge is 0.124 e. The molecule has 1 aromatic rings. The fourth-order valence-corrected chi connectivity index (χ4v) is 1.88. The predicted octanol–water partition coefficient (Wildman–Crippen LogP) is 1.49. The van der Waals surface area contributed by atoms with Crippen LogP contribution in [0.4, 0.5) is 0 Å². The summed E-state index contributed by atoms with van der Waals surface area (Å²) in [6.07, 6.45) is -0.186. The average Bonchev–Trinajstić information content (AvgIpc) is 2.29. The van der Waals surface area contributed by atoms with Crippen LogP contribution < -0.4 is 10.1 Å². The molecule has 0 bridgehead atoms. The zero-order chi connectivity index (χ0) is 14.3. The maximum Gasteiger partial charge on any atom is 0.124 e. The van der Waals surface area contributed by atoms with Gasteiger partial charge in [-0.25, -0.2) is 0 Å². The van der Waals surface area contributed by atoms with Crippen LogP contribution in [0.1, 0.15) is 19.4 Å². The minimum Gasteiger partial charge on any atom is -0.491 e. The van der Waals surface area contributed by atoms with Crippen molar-refractivity contribution in [3.63, 3.8) is 0 Å². The number of nitrogens with one attached hydrogen (secondary N) is 1. The molecule has 1 aromatic carbocycles. The number of benzene rings is 1. The normalized spacial score (nSPS) is 13.0. The quantitative estimate of drug-likeness (QED) is 0.748. The second-order valence-electron chi connectivity index (χ2n) is 5.32. The minimum atomic E-state index is -0.354. The van der Waals surface area contributed by atoms with Gasteiger partial charge in [0.05, 0.1) is 12.2 Å². The molecule has 0 heterocycles. The third-order valence-corrected chi connectivity index (χ3v) is 2.61. The van der Waals surface area contributed by atoms with Crippen molar-refractivity contribution in [2.24, 2.45) is 0 Å². The van der Waals surface area contributed by atoms with Gasteiger partial charge >= 0.3 is 0 Å². The van der Waals surface area contributed by atoms with Crippen molar-refractivity contribution in [1.82, 2.24) is 10.2 Å². The number of hydrogen-bond acceptors (Lipinski definition) is 4. The second kappa shape index (κ2) is 8.15. The third kappa shape index (κ3) is 6.57. The van der Waals surface area contributed by atoms with E-state index in [1.54, 1.807) is 0 Å². The molecule has 4 heteroatoms. The number of nitrogens with zero attached hydrogens (tertiary/aromatic N) is 1.